The molecular weight excluding hydrogens is 202 g/mol. The van der Waals surface area contributed by atoms with Gasteiger partial charge in [-0.15, -0.1) is 0 Å². The predicted molar refractivity (Wildman–Crippen MR) is 66.1 cm³/mol. The third-order valence-electron chi connectivity index (χ3n) is 2.60. The van der Waals surface area contributed by atoms with Gasteiger partial charge in [0.25, 0.3) is 0 Å². The molecule has 0 saturated carbocycles. The molecule has 1 unspecified atom stereocenters. The maximum Gasteiger partial charge on any atom is 0.125 e. The Labute approximate surface area is 97.6 Å². The van der Waals surface area contributed by atoms with Crippen molar-refractivity contribution < 1.29 is 9.47 Å². The molecule has 0 spiro atoms. The summed E-state index contributed by atoms with van der Waals surface area (Å²) < 4.78 is 10.5. The summed E-state index contributed by atoms with van der Waals surface area (Å²) in [5.41, 5.74) is 6.93. The first-order chi connectivity index (χ1) is 7.67. The molecule has 3 nitrogen and oxygen atoms in total. The lowest BCUT2D eigenvalue weighted by molar-refractivity contribution is 0.390. The van der Waals surface area contributed by atoms with E-state index in [4.69, 9.17) is 15.2 Å². The Bertz CT molecular complexity index is 324. The molecule has 0 aliphatic carbocycles. The zero-order valence-electron chi connectivity index (χ0n) is 10.3. The van der Waals surface area contributed by atoms with Crippen molar-refractivity contribution in [2.75, 3.05) is 14.2 Å². The van der Waals surface area contributed by atoms with Crippen molar-refractivity contribution in [1.29, 1.82) is 0 Å². The van der Waals surface area contributed by atoms with Crippen molar-refractivity contribution in [2.24, 2.45) is 5.73 Å². The molecule has 1 aromatic carbocycles. The van der Waals surface area contributed by atoms with Gasteiger partial charge in [-0.25, -0.2) is 0 Å². The summed E-state index contributed by atoms with van der Waals surface area (Å²) in [6.45, 7) is 2.03. The molecule has 90 valence electrons. The Hall–Kier alpha value is -1.22. The number of rotatable bonds is 6. The molecule has 0 saturated heterocycles. The lowest BCUT2D eigenvalue weighted by Gasteiger charge is -2.11. The summed E-state index contributed by atoms with van der Waals surface area (Å²) in [5, 5.41) is 0. The summed E-state index contributed by atoms with van der Waals surface area (Å²) in [4.78, 5) is 0. The molecule has 0 fully saturated rings. The molecule has 3 heteroatoms. The standard InChI is InChI=1S/C13H21NO2/c1-10(14)5-4-6-11-7-8-12(15-2)9-13(11)16-3/h7-10H,4-6,14H2,1-3H3. The van der Waals surface area contributed by atoms with Crippen molar-refractivity contribution in [3.63, 3.8) is 0 Å². The first-order valence-electron chi connectivity index (χ1n) is 5.64. The fourth-order valence-electron chi connectivity index (χ4n) is 1.67. The lowest BCUT2D eigenvalue weighted by Crippen LogP contribution is -2.14. The second-order valence-corrected chi connectivity index (χ2v) is 4.05. The van der Waals surface area contributed by atoms with E-state index < -0.39 is 0 Å². The average Bonchev–Trinajstić information content (AvgIpc) is 2.29. The number of hydrogen-bond acceptors (Lipinski definition) is 3. The van der Waals surface area contributed by atoms with Gasteiger partial charge in [-0.1, -0.05) is 6.07 Å². The predicted octanol–water partition coefficient (Wildman–Crippen LogP) is 2.37. The van der Waals surface area contributed by atoms with Crippen LogP contribution in [0.5, 0.6) is 11.5 Å². The highest BCUT2D eigenvalue weighted by Gasteiger charge is 2.05. The van der Waals surface area contributed by atoms with E-state index in [1.807, 2.05) is 19.1 Å². The molecule has 0 aromatic heterocycles. The van der Waals surface area contributed by atoms with Crippen LogP contribution in [0.25, 0.3) is 0 Å². The van der Waals surface area contributed by atoms with E-state index in [0.717, 1.165) is 30.8 Å². The topological polar surface area (TPSA) is 44.5 Å². The molecule has 0 aliphatic rings. The summed E-state index contributed by atoms with van der Waals surface area (Å²) in [6, 6.07) is 6.20. The highest BCUT2D eigenvalue weighted by atomic mass is 16.5. The van der Waals surface area contributed by atoms with E-state index >= 15 is 0 Å². The van der Waals surface area contributed by atoms with E-state index in [1.54, 1.807) is 14.2 Å². The molecule has 16 heavy (non-hydrogen) atoms. The number of methoxy groups -OCH3 is 2. The van der Waals surface area contributed by atoms with Gasteiger partial charge in [-0.2, -0.15) is 0 Å². The zero-order chi connectivity index (χ0) is 12.0. The van der Waals surface area contributed by atoms with Gasteiger partial charge >= 0.3 is 0 Å². The Morgan fingerprint density at radius 3 is 2.56 bits per heavy atom. The van der Waals surface area contributed by atoms with Crippen LogP contribution < -0.4 is 15.2 Å². The molecule has 1 aromatic rings. The van der Waals surface area contributed by atoms with Crippen molar-refractivity contribution in [2.45, 2.75) is 32.2 Å². The third-order valence-corrected chi connectivity index (χ3v) is 2.60. The Morgan fingerprint density at radius 2 is 2.00 bits per heavy atom. The summed E-state index contributed by atoms with van der Waals surface area (Å²) in [5.74, 6) is 1.72. The fourth-order valence-corrected chi connectivity index (χ4v) is 1.67. The SMILES string of the molecule is COc1ccc(CCCC(C)N)c(OC)c1. The van der Waals surface area contributed by atoms with Crippen LogP contribution in [0.2, 0.25) is 0 Å². The van der Waals surface area contributed by atoms with Gasteiger partial charge in [0.05, 0.1) is 14.2 Å². The molecule has 2 N–H and O–H groups in total. The van der Waals surface area contributed by atoms with Crippen LogP contribution in [-0.2, 0) is 6.42 Å². The van der Waals surface area contributed by atoms with Crippen LogP contribution in [0.4, 0.5) is 0 Å². The number of aryl methyl sites for hydroxylation is 1. The second-order valence-electron chi connectivity index (χ2n) is 4.05. The van der Waals surface area contributed by atoms with Crippen molar-refractivity contribution in [3.05, 3.63) is 23.8 Å². The Morgan fingerprint density at radius 1 is 1.25 bits per heavy atom. The maximum atomic E-state index is 5.72. The van der Waals surface area contributed by atoms with E-state index in [9.17, 15) is 0 Å². The molecular formula is C13H21NO2. The number of benzene rings is 1. The lowest BCUT2D eigenvalue weighted by atomic mass is 10.0. The fraction of sp³-hybridized carbons (Fsp3) is 0.538. The second kappa shape index (κ2) is 6.38. The van der Waals surface area contributed by atoms with E-state index in [2.05, 4.69) is 6.07 Å². The Balaban J connectivity index is 2.64. The van der Waals surface area contributed by atoms with Crippen LogP contribution in [0.15, 0.2) is 18.2 Å². The highest BCUT2D eigenvalue weighted by molar-refractivity contribution is 5.40. The van der Waals surface area contributed by atoms with Crippen LogP contribution in [-0.4, -0.2) is 20.3 Å². The normalized spacial score (nSPS) is 12.2. The van der Waals surface area contributed by atoms with E-state index in [-0.39, 0.29) is 6.04 Å². The van der Waals surface area contributed by atoms with E-state index in [1.165, 1.54) is 5.56 Å². The maximum absolute atomic E-state index is 5.72. The monoisotopic (exact) mass is 223 g/mol. The molecule has 0 amide bonds. The minimum absolute atomic E-state index is 0.268. The minimum Gasteiger partial charge on any atom is -0.497 e. The van der Waals surface area contributed by atoms with Gasteiger partial charge in [-0.05, 0) is 37.8 Å². The summed E-state index contributed by atoms with van der Waals surface area (Å²) >= 11 is 0. The van der Waals surface area contributed by atoms with Gasteiger partial charge in [-0.3, -0.25) is 0 Å². The third kappa shape index (κ3) is 3.74. The van der Waals surface area contributed by atoms with Gasteiger partial charge in [0.15, 0.2) is 0 Å². The molecule has 0 heterocycles. The van der Waals surface area contributed by atoms with Gasteiger partial charge < -0.3 is 15.2 Å². The quantitative estimate of drug-likeness (QED) is 0.805. The van der Waals surface area contributed by atoms with Crippen LogP contribution in [0.3, 0.4) is 0 Å². The van der Waals surface area contributed by atoms with Gasteiger partial charge in [0.2, 0.25) is 0 Å². The molecule has 1 rings (SSSR count). The van der Waals surface area contributed by atoms with Crippen molar-refractivity contribution in [1.82, 2.24) is 0 Å². The van der Waals surface area contributed by atoms with Crippen LogP contribution in [0, 0.1) is 0 Å². The number of hydrogen-bond donors (Lipinski definition) is 1. The first kappa shape index (κ1) is 12.8. The first-order valence-corrected chi connectivity index (χ1v) is 5.64. The Kier molecular flexibility index (Phi) is 5.12. The van der Waals surface area contributed by atoms with Crippen molar-refractivity contribution >= 4 is 0 Å². The van der Waals surface area contributed by atoms with Crippen LogP contribution in [0.1, 0.15) is 25.3 Å². The smallest absolute Gasteiger partial charge is 0.125 e. The zero-order valence-corrected chi connectivity index (χ0v) is 10.3. The van der Waals surface area contributed by atoms with Gasteiger partial charge in [0, 0.05) is 12.1 Å². The molecule has 0 radical (unpaired) electrons. The highest BCUT2D eigenvalue weighted by Crippen LogP contribution is 2.25. The minimum atomic E-state index is 0.268. The van der Waals surface area contributed by atoms with Crippen LogP contribution >= 0.6 is 0 Å². The number of nitrogens with two attached hydrogens (primary N) is 1. The molecule has 1 atom stereocenters. The van der Waals surface area contributed by atoms with Gasteiger partial charge in [0.1, 0.15) is 11.5 Å². The van der Waals surface area contributed by atoms with E-state index in [0.29, 0.717) is 0 Å². The van der Waals surface area contributed by atoms with Crippen molar-refractivity contribution in [3.8, 4) is 11.5 Å². The average molecular weight is 223 g/mol. The molecule has 0 aliphatic heterocycles. The summed E-state index contributed by atoms with van der Waals surface area (Å²) in [6.07, 6.45) is 3.12. The molecule has 0 bridgehead atoms. The largest absolute Gasteiger partial charge is 0.497 e. The number of ether oxygens (including phenoxy) is 2. The summed E-state index contributed by atoms with van der Waals surface area (Å²) in [7, 11) is 3.34.